The number of piperidine rings is 1. The zero-order valence-electron chi connectivity index (χ0n) is 13.3. The van der Waals surface area contributed by atoms with Gasteiger partial charge < -0.3 is 5.73 Å². The molecule has 0 radical (unpaired) electrons. The summed E-state index contributed by atoms with van der Waals surface area (Å²) in [6.07, 6.45) is 0.687. The van der Waals surface area contributed by atoms with Gasteiger partial charge in [0.05, 0.1) is 4.90 Å². The van der Waals surface area contributed by atoms with Crippen LogP contribution in [0.4, 0.5) is 0 Å². The summed E-state index contributed by atoms with van der Waals surface area (Å²) in [5.74, 6) is 0. The van der Waals surface area contributed by atoms with Gasteiger partial charge in [-0.3, -0.25) is 0 Å². The maximum atomic E-state index is 13.0. The van der Waals surface area contributed by atoms with Crippen LogP contribution in [0.1, 0.15) is 20.3 Å². The van der Waals surface area contributed by atoms with Gasteiger partial charge in [-0.2, -0.15) is 4.31 Å². The number of nitrogens with two attached hydrogens (primary N) is 1. The zero-order chi connectivity index (χ0) is 16.8. The molecule has 0 aromatic heterocycles. The van der Waals surface area contributed by atoms with Crippen LogP contribution in [0.25, 0.3) is 10.8 Å². The Morgan fingerprint density at radius 3 is 2.52 bits per heavy atom. The summed E-state index contributed by atoms with van der Waals surface area (Å²) in [6.45, 7) is 4.98. The molecule has 6 heteroatoms. The first-order chi connectivity index (χ1) is 10.7. The van der Waals surface area contributed by atoms with Crippen molar-refractivity contribution in [2.24, 2.45) is 11.1 Å². The molecule has 0 bridgehead atoms. The van der Waals surface area contributed by atoms with Crippen LogP contribution < -0.4 is 5.73 Å². The summed E-state index contributed by atoms with van der Waals surface area (Å²) >= 11 is 3.43. The van der Waals surface area contributed by atoms with Crippen molar-refractivity contribution in [1.29, 1.82) is 0 Å². The van der Waals surface area contributed by atoms with Crippen molar-refractivity contribution in [2.75, 3.05) is 13.1 Å². The van der Waals surface area contributed by atoms with E-state index in [2.05, 4.69) is 15.9 Å². The van der Waals surface area contributed by atoms with Gasteiger partial charge in [0.2, 0.25) is 10.0 Å². The van der Waals surface area contributed by atoms with Gasteiger partial charge in [0.15, 0.2) is 0 Å². The van der Waals surface area contributed by atoms with Crippen molar-refractivity contribution in [1.82, 2.24) is 4.31 Å². The van der Waals surface area contributed by atoms with E-state index in [-0.39, 0.29) is 11.5 Å². The fourth-order valence-corrected chi connectivity index (χ4v) is 5.08. The largest absolute Gasteiger partial charge is 0.327 e. The Kier molecular flexibility index (Phi) is 4.29. The van der Waals surface area contributed by atoms with E-state index in [0.29, 0.717) is 24.4 Å². The Bertz CT molecular complexity index is 849. The highest BCUT2D eigenvalue weighted by molar-refractivity contribution is 9.10. The highest BCUT2D eigenvalue weighted by Gasteiger charge is 2.38. The first-order valence-electron chi connectivity index (χ1n) is 7.65. The van der Waals surface area contributed by atoms with E-state index in [0.717, 1.165) is 15.2 Å². The van der Waals surface area contributed by atoms with Crippen molar-refractivity contribution in [3.8, 4) is 0 Å². The first-order valence-corrected chi connectivity index (χ1v) is 9.88. The van der Waals surface area contributed by atoms with Gasteiger partial charge in [-0.15, -0.1) is 0 Å². The second-order valence-corrected chi connectivity index (χ2v) is 9.73. The summed E-state index contributed by atoms with van der Waals surface area (Å²) < 4.78 is 28.5. The summed E-state index contributed by atoms with van der Waals surface area (Å²) in [5.41, 5.74) is 5.90. The minimum absolute atomic E-state index is 0.0305. The van der Waals surface area contributed by atoms with E-state index in [1.807, 2.05) is 38.1 Å². The zero-order valence-corrected chi connectivity index (χ0v) is 15.7. The standard InChI is InChI=1S/C17H21BrN2O2S/c1-17(2)11-20(8-7-16(17)19)23(21,22)15-6-4-12-9-14(18)5-3-13(12)10-15/h3-6,9-10,16H,7-8,11,19H2,1-2H3. The van der Waals surface area contributed by atoms with E-state index in [1.54, 1.807) is 16.4 Å². The molecular formula is C17H21BrN2O2S. The average Bonchev–Trinajstić information content (AvgIpc) is 2.49. The minimum Gasteiger partial charge on any atom is -0.327 e. The highest BCUT2D eigenvalue weighted by Crippen LogP contribution is 2.32. The molecule has 0 spiro atoms. The Hall–Kier alpha value is -0.950. The Labute approximate surface area is 145 Å². The molecule has 3 rings (SSSR count). The van der Waals surface area contributed by atoms with Gasteiger partial charge in [-0.25, -0.2) is 8.42 Å². The van der Waals surface area contributed by atoms with E-state index >= 15 is 0 Å². The van der Waals surface area contributed by atoms with Crippen molar-refractivity contribution in [2.45, 2.75) is 31.2 Å². The van der Waals surface area contributed by atoms with Crippen molar-refractivity contribution >= 4 is 36.7 Å². The van der Waals surface area contributed by atoms with Gasteiger partial charge in [0.1, 0.15) is 0 Å². The van der Waals surface area contributed by atoms with Crippen LogP contribution >= 0.6 is 15.9 Å². The highest BCUT2D eigenvalue weighted by atomic mass is 79.9. The fraction of sp³-hybridized carbons (Fsp3) is 0.412. The van der Waals surface area contributed by atoms with Crippen LogP contribution in [-0.2, 0) is 10.0 Å². The Morgan fingerprint density at radius 1 is 1.17 bits per heavy atom. The van der Waals surface area contributed by atoms with Gasteiger partial charge in [0, 0.05) is 23.6 Å². The van der Waals surface area contributed by atoms with Crippen LogP contribution in [0.5, 0.6) is 0 Å². The van der Waals surface area contributed by atoms with Crippen LogP contribution in [0.2, 0.25) is 0 Å². The molecule has 1 unspecified atom stereocenters. The second-order valence-electron chi connectivity index (χ2n) is 6.88. The molecule has 1 fully saturated rings. The number of nitrogens with zero attached hydrogens (tertiary/aromatic N) is 1. The SMILES string of the molecule is CC1(C)CN(S(=O)(=O)c2ccc3cc(Br)ccc3c2)CCC1N. The monoisotopic (exact) mass is 396 g/mol. The number of halogens is 1. The first kappa shape index (κ1) is 16.9. The molecule has 1 aliphatic rings. The lowest BCUT2D eigenvalue weighted by Crippen LogP contribution is -2.53. The maximum Gasteiger partial charge on any atom is 0.243 e. The summed E-state index contributed by atoms with van der Waals surface area (Å²) in [7, 11) is -3.49. The van der Waals surface area contributed by atoms with Crippen LogP contribution in [0, 0.1) is 5.41 Å². The molecule has 124 valence electrons. The maximum absolute atomic E-state index is 13.0. The fourth-order valence-electron chi connectivity index (χ4n) is 3.03. The molecule has 2 aromatic rings. The van der Waals surface area contributed by atoms with Gasteiger partial charge in [0.25, 0.3) is 0 Å². The molecule has 1 atom stereocenters. The molecule has 0 saturated carbocycles. The predicted molar refractivity (Wildman–Crippen MR) is 96.8 cm³/mol. The molecule has 0 amide bonds. The number of fused-ring (bicyclic) bond motifs is 1. The number of benzene rings is 2. The number of rotatable bonds is 2. The van der Waals surface area contributed by atoms with E-state index < -0.39 is 10.0 Å². The minimum atomic E-state index is -3.49. The molecule has 1 saturated heterocycles. The van der Waals surface area contributed by atoms with Gasteiger partial charge in [-0.1, -0.05) is 41.9 Å². The molecule has 0 aliphatic carbocycles. The van der Waals surface area contributed by atoms with Gasteiger partial charge in [-0.05, 0) is 46.9 Å². The van der Waals surface area contributed by atoms with Crippen molar-refractivity contribution in [3.05, 3.63) is 40.9 Å². The third-order valence-corrected chi connectivity index (χ3v) is 7.02. The predicted octanol–water partition coefficient (Wildman–Crippen LogP) is 3.35. The Morgan fingerprint density at radius 2 is 1.83 bits per heavy atom. The number of sulfonamides is 1. The van der Waals surface area contributed by atoms with Crippen LogP contribution in [0.3, 0.4) is 0 Å². The summed E-state index contributed by atoms with van der Waals surface area (Å²) in [4.78, 5) is 0.346. The lowest BCUT2D eigenvalue weighted by Gasteiger charge is -2.41. The smallest absolute Gasteiger partial charge is 0.243 e. The quantitative estimate of drug-likeness (QED) is 0.846. The van der Waals surface area contributed by atoms with Gasteiger partial charge >= 0.3 is 0 Å². The summed E-state index contributed by atoms with van der Waals surface area (Å²) in [6, 6.07) is 11.1. The molecule has 1 aliphatic heterocycles. The van der Waals surface area contributed by atoms with E-state index in [1.165, 1.54) is 0 Å². The topological polar surface area (TPSA) is 63.4 Å². The third-order valence-electron chi connectivity index (χ3n) is 4.69. The average molecular weight is 397 g/mol. The van der Waals surface area contributed by atoms with Crippen molar-refractivity contribution in [3.63, 3.8) is 0 Å². The van der Waals surface area contributed by atoms with Crippen LogP contribution in [-0.4, -0.2) is 31.9 Å². The molecular weight excluding hydrogens is 376 g/mol. The third kappa shape index (κ3) is 3.18. The normalized spacial score (nSPS) is 22.3. The van der Waals surface area contributed by atoms with E-state index in [4.69, 9.17) is 5.73 Å². The number of hydrogen-bond donors (Lipinski definition) is 1. The lowest BCUT2D eigenvalue weighted by molar-refractivity contribution is 0.155. The molecule has 2 aromatic carbocycles. The summed E-state index contributed by atoms with van der Waals surface area (Å²) in [5, 5.41) is 1.93. The molecule has 1 heterocycles. The van der Waals surface area contributed by atoms with E-state index in [9.17, 15) is 8.42 Å². The molecule has 23 heavy (non-hydrogen) atoms. The second kappa shape index (κ2) is 5.84. The lowest BCUT2D eigenvalue weighted by atomic mass is 9.81. The molecule has 2 N–H and O–H groups in total. The number of hydrogen-bond acceptors (Lipinski definition) is 3. The molecule has 4 nitrogen and oxygen atoms in total. The van der Waals surface area contributed by atoms with Crippen LogP contribution in [0.15, 0.2) is 45.8 Å². The van der Waals surface area contributed by atoms with Crippen molar-refractivity contribution < 1.29 is 8.42 Å². The Balaban J connectivity index is 1.98.